The van der Waals surface area contributed by atoms with Gasteiger partial charge in [0.15, 0.2) is 5.82 Å². The van der Waals surface area contributed by atoms with Crippen molar-refractivity contribution in [3.63, 3.8) is 0 Å². The zero-order valence-corrected chi connectivity index (χ0v) is 13.8. The van der Waals surface area contributed by atoms with Gasteiger partial charge in [0.25, 0.3) is 0 Å². The minimum absolute atomic E-state index is 0.574. The third-order valence-corrected chi connectivity index (χ3v) is 4.92. The highest BCUT2D eigenvalue weighted by Crippen LogP contribution is 2.31. The fourth-order valence-electron chi connectivity index (χ4n) is 2.58. The number of rotatable bonds is 2. The lowest BCUT2D eigenvalue weighted by Gasteiger charge is -2.12. The Hall–Kier alpha value is -1.37. The maximum absolute atomic E-state index is 6.00. The Morgan fingerprint density at radius 3 is 2.90 bits per heavy atom. The van der Waals surface area contributed by atoms with Crippen molar-refractivity contribution in [2.24, 2.45) is 0 Å². The molecule has 1 aromatic heterocycles. The summed E-state index contributed by atoms with van der Waals surface area (Å²) in [5.41, 5.74) is 10.7. The fraction of sp³-hybridized carbons (Fsp3) is 0.333. The standard InChI is InChI=1S/C15H17IN4/c1-3-11-13(16)14(17)19-15(18-11)10-4-5-12-9(8-10)6-7-20(12)2/h4-5,8H,3,6-7H2,1-2H3,(H2,17,18,19). The summed E-state index contributed by atoms with van der Waals surface area (Å²) in [7, 11) is 2.13. The number of hydrogen-bond donors (Lipinski definition) is 1. The van der Waals surface area contributed by atoms with E-state index in [1.165, 1.54) is 11.3 Å². The number of benzene rings is 1. The summed E-state index contributed by atoms with van der Waals surface area (Å²) >= 11 is 2.22. The molecule has 3 rings (SSSR count). The van der Waals surface area contributed by atoms with Crippen molar-refractivity contribution in [2.75, 3.05) is 24.2 Å². The highest BCUT2D eigenvalue weighted by Gasteiger charge is 2.17. The number of nitrogens with zero attached hydrogens (tertiary/aromatic N) is 3. The molecule has 0 saturated heterocycles. The molecule has 0 amide bonds. The highest BCUT2D eigenvalue weighted by molar-refractivity contribution is 14.1. The molecular formula is C15H17IN4. The molecule has 5 heteroatoms. The molecular weight excluding hydrogens is 363 g/mol. The van der Waals surface area contributed by atoms with Crippen LogP contribution in [0, 0.1) is 3.57 Å². The molecule has 0 unspecified atom stereocenters. The summed E-state index contributed by atoms with van der Waals surface area (Å²) in [5.74, 6) is 1.31. The summed E-state index contributed by atoms with van der Waals surface area (Å²) in [4.78, 5) is 11.4. The van der Waals surface area contributed by atoms with Gasteiger partial charge in [-0.05, 0) is 59.2 Å². The van der Waals surface area contributed by atoms with E-state index in [1.54, 1.807) is 0 Å². The molecule has 1 aromatic carbocycles. The van der Waals surface area contributed by atoms with Crippen molar-refractivity contribution in [1.82, 2.24) is 9.97 Å². The summed E-state index contributed by atoms with van der Waals surface area (Å²) in [6.45, 7) is 3.17. The van der Waals surface area contributed by atoms with Crippen LogP contribution in [0.1, 0.15) is 18.2 Å². The molecule has 0 bridgehead atoms. The Kier molecular flexibility index (Phi) is 3.54. The Morgan fingerprint density at radius 2 is 2.15 bits per heavy atom. The van der Waals surface area contributed by atoms with E-state index in [0.29, 0.717) is 5.82 Å². The van der Waals surface area contributed by atoms with Gasteiger partial charge in [-0.3, -0.25) is 0 Å². The summed E-state index contributed by atoms with van der Waals surface area (Å²) < 4.78 is 0.967. The van der Waals surface area contributed by atoms with Crippen LogP contribution in [-0.4, -0.2) is 23.6 Å². The lowest BCUT2D eigenvalue weighted by Crippen LogP contribution is -2.12. The quantitative estimate of drug-likeness (QED) is 0.815. The lowest BCUT2D eigenvalue weighted by molar-refractivity contribution is 0.956. The maximum Gasteiger partial charge on any atom is 0.161 e. The van der Waals surface area contributed by atoms with Crippen LogP contribution < -0.4 is 10.6 Å². The zero-order valence-electron chi connectivity index (χ0n) is 11.7. The molecule has 2 heterocycles. The van der Waals surface area contributed by atoms with E-state index in [-0.39, 0.29) is 0 Å². The first kappa shape index (κ1) is 13.6. The van der Waals surface area contributed by atoms with Gasteiger partial charge in [-0.2, -0.15) is 0 Å². The predicted octanol–water partition coefficient (Wildman–Crippen LogP) is 2.89. The van der Waals surface area contributed by atoms with Crippen molar-refractivity contribution >= 4 is 34.1 Å². The van der Waals surface area contributed by atoms with Gasteiger partial charge in [0, 0.05) is 24.8 Å². The lowest BCUT2D eigenvalue weighted by atomic mass is 10.1. The Bertz CT molecular complexity index is 669. The first-order chi connectivity index (χ1) is 9.60. The number of aromatic nitrogens is 2. The van der Waals surface area contributed by atoms with Gasteiger partial charge < -0.3 is 10.6 Å². The SMILES string of the molecule is CCc1nc(-c2ccc3c(c2)CCN3C)nc(N)c1I. The number of hydrogen-bond acceptors (Lipinski definition) is 4. The molecule has 0 saturated carbocycles. The van der Waals surface area contributed by atoms with Gasteiger partial charge in [-0.15, -0.1) is 0 Å². The molecule has 0 aliphatic carbocycles. The minimum Gasteiger partial charge on any atom is -0.383 e. The molecule has 2 aromatic rings. The number of nitrogen functional groups attached to an aromatic ring is 1. The second kappa shape index (κ2) is 5.20. The summed E-state index contributed by atoms with van der Waals surface area (Å²) in [6, 6.07) is 6.43. The average molecular weight is 380 g/mol. The van der Waals surface area contributed by atoms with Crippen molar-refractivity contribution in [3.05, 3.63) is 33.0 Å². The van der Waals surface area contributed by atoms with Gasteiger partial charge >= 0.3 is 0 Å². The normalized spacial score (nSPS) is 13.7. The molecule has 4 nitrogen and oxygen atoms in total. The fourth-order valence-corrected chi connectivity index (χ4v) is 3.20. The monoisotopic (exact) mass is 380 g/mol. The molecule has 2 N–H and O–H groups in total. The molecule has 0 spiro atoms. The molecule has 0 fully saturated rings. The van der Waals surface area contributed by atoms with E-state index in [0.717, 1.165) is 40.0 Å². The topological polar surface area (TPSA) is 55.0 Å². The van der Waals surface area contributed by atoms with Crippen LogP contribution in [0.5, 0.6) is 0 Å². The van der Waals surface area contributed by atoms with E-state index in [2.05, 4.69) is 69.6 Å². The molecule has 104 valence electrons. The smallest absolute Gasteiger partial charge is 0.161 e. The van der Waals surface area contributed by atoms with Crippen molar-refractivity contribution in [2.45, 2.75) is 19.8 Å². The van der Waals surface area contributed by atoms with Gasteiger partial charge in [-0.1, -0.05) is 6.92 Å². The summed E-state index contributed by atoms with van der Waals surface area (Å²) in [5, 5.41) is 0. The van der Waals surface area contributed by atoms with Crippen LogP contribution in [0.4, 0.5) is 11.5 Å². The first-order valence-corrected chi connectivity index (χ1v) is 7.84. The number of fused-ring (bicyclic) bond motifs is 1. The van der Waals surface area contributed by atoms with Gasteiger partial charge in [0.1, 0.15) is 5.82 Å². The van der Waals surface area contributed by atoms with Crippen molar-refractivity contribution < 1.29 is 0 Å². The van der Waals surface area contributed by atoms with Crippen molar-refractivity contribution in [3.8, 4) is 11.4 Å². The first-order valence-electron chi connectivity index (χ1n) is 6.76. The molecule has 20 heavy (non-hydrogen) atoms. The number of likely N-dealkylation sites (N-methyl/N-ethyl adjacent to an activating group) is 1. The van der Waals surface area contributed by atoms with E-state index in [9.17, 15) is 0 Å². The van der Waals surface area contributed by atoms with E-state index >= 15 is 0 Å². The third-order valence-electron chi connectivity index (χ3n) is 3.75. The van der Waals surface area contributed by atoms with E-state index in [1.807, 2.05) is 0 Å². The number of anilines is 2. The van der Waals surface area contributed by atoms with Crippen molar-refractivity contribution in [1.29, 1.82) is 0 Å². The number of halogens is 1. The largest absolute Gasteiger partial charge is 0.383 e. The van der Waals surface area contributed by atoms with Crippen LogP contribution in [0.15, 0.2) is 18.2 Å². The number of aryl methyl sites for hydroxylation is 1. The Morgan fingerprint density at radius 1 is 1.35 bits per heavy atom. The van der Waals surface area contributed by atoms with Crippen LogP contribution >= 0.6 is 22.6 Å². The van der Waals surface area contributed by atoms with Gasteiger partial charge in [0.2, 0.25) is 0 Å². The Balaban J connectivity index is 2.08. The second-order valence-corrected chi connectivity index (χ2v) is 6.14. The average Bonchev–Trinajstić information content (AvgIpc) is 2.83. The van der Waals surface area contributed by atoms with Crippen LogP contribution in [0.25, 0.3) is 11.4 Å². The van der Waals surface area contributed by atoms with Gasteiger partial charge in [-0.25, -0.2) is 9.97 Å². The predicted molar refractivity (Wildman–Crippen MR) is 90.9 cm³/mol. The molecule has 0 radical (unpaired) electrons. The number of nitrogens with two attached hydrogens (primary N) is 1. The molecule has 1 aliphatic heterocycles. The van der Waals surface area contributed by atoms with Crippen LogP contribution in [-0.2, 0) is 12.8 Å². The van der Waals surface area contributed by atoms with E-state index < -0.39 is 0 Å². The minimum atomic E-state index is 0.574. The van der Waals surface area contributed by atoms with Crippen LogP contribution in [0.3, 0.4) is 0 Å². The third kappa shape index (κ3) is 2.24. The van der Waals surface area contributed by atoms with Crippen LogP contribution in [0.2, 0.25) is 0 Å². The Labute approximate surface area is 132 Å². The second-order valence-electron chi connectivity index (χ2n) is 5.06. The van der Waals surface area contributed by atoms with Gasteiger partial charge in [0.05, 0.1) is 9.26 Å². The highest BCUT2D eigenvalue weighted by atomic mass is 127. The molecule has 1 aliphatic rings. The zero-order chi connectivity index (χ0) is 14.3. The maximum atomic E-state index is 6.00. The summed E-state index contributed by atoms with van der Waals surface area (Å²) in [6.07, 6.45) is 1.95. The molecule has 0 atom stereocenters. The van der Waals surface area contributed by atoms with E-state index in [4.69, 9.17) is 5.73 Å².